The van der Waals surface area contributed by atoms with Gasteiger partial charge < -0.3 is 5.32 Å². The van der Waals surface area contributed by atoms with Crippen LogP contribution in [0.25, 0.3) is 0 Å². The molecule has 1 nitrogen and oxygen atoms in total. The Balaban J connectivity index is 2.28. The Hall–Kier alpha value is -1.60. The Morgan fingerprint density at radius 3 is 1.74 bits per heavy atom. The van der Waals surface area contributed by atoms with E-state index in [1.165, 1.54) is 11.1 Å². The van der Waals surface area contributed by atoms with Gasteiger partial charge in [-0.05, 0) is 29.5 Å². The van der Waals surface area contributed by atoms with Crippen molar-refractivity contribution in [2.75, 3.05) is 6.54 Å². The van der Waals surface area contributed by atoms with Gasteiger partial charge in [-0.25, -0.2) is 0 Å². The van der Waals surface area contributed by atoms with Gasteiger partial charge in [-0.3, -0.25) is 0 Å². The number of rotatable bonds is 7. The van der Waals surface area contributed by atoms with Crippen LogP contribution in [0.1, 0.15) is 52.2 Å². The summed E-state index contributed by atoms with van der Waals surface area (Å²) in [5.74, 6) is 0. The normalized spacial score (nSPS) is 13.8. The van der Waals surface area contributed by atoms with Crippen molar-refractivity contribution in [1.82, 2.24) is 5.32 Å². The number of benzene rings is 2. The van der Waals surface area contributed by atoms with Crippen LogP contribution < -0.4 is 5.32 Å². The van der Waals surface area contributed by atoms with Gasteiger partial charge in [0.05, 0.1) is 0 Å². The van der Waals surface area contributed by atoms with Crippen LogP contribution in [0, 0.1) is 0 Å². The lowest BCUT2D eigenvalue weighted by atomic mass is 9.69. The molecule has 0 heterocycles. The fourth-order valence-electron chi connectivity index (χ4n) is 3.42. The maximum absolute atomic E-state index is 3.75. The summed E-state index contributed by atoms with van der Waals surface area (Å²) in [6.45, 7) is 12.6. The van der Waals surface area contributed by atoms with Crippen molar-refractivity contribution in [3.63, 3.8) is 0 Å². The Morgan fingerprint density at radius 2 is 1.26 bits per heavy atom. The zero-order chi connectivity index (χ0) is 16.9. The van der Waals surface area contributed by atoms with E-state index in [0.29, 0.717) is 6.04 Å². The highest BCUT2D eigenvalue weighted by Gasteiger charge is 2.35. The minimum atomic E-state index is 0.0866. The van der Waals surface area contributed by atoms with Crippen LogP contribution in [-0.2, 0) is 10.8 Å². The summed E-state index contributed by atoms with van der Waals surface area (Å²) in [4.78, 5) is 0. The molecular formula is C22H31N. The first-order valence-electron chi connectivity index (χ1n) is 8.72. The molecule has 0 saturated carbocycles. The van der Waals surface area contributed by atoms with Gasteiger partial charge in [0.2, 0.25) is 0 Å². The van der Waals surface area contributed by atoms with Crippen LogP contribution in [-0.4, -0.2) is 12.6 Å². The van der Waals surface area contributed by atoms with Crippen molar-refractivity contribution in [3.8, 4) is 0 Å². The molecule has 0 fully saturated rings. The largest absolute Gasteiger partial charge is 0.313 e. The third-order valence-electron chi connectivity index (χ3n) is 5.11. The number of hydrogen-bond acceptors (Lipinski definition) is 1. The molecule has 2 rings (SSSR count). The standard InChI is InChI=1S/C22H31N/c1-6-23-20(22(4,5)19-15-11-8-12-16-19)17-21(2,3)18-13-9-7-10-14-18/h7-16,20,23H,6,17H2,1-5H3. The van der Waals surface area contributed by atoms with E-state index in [9.17, 15) is 0 Å². The molecule has 0 aromatic heterocycles. The van der Waals surface area contributed by atoms with E-state index in [2.05, 4.69) is 101 Å². The lowest BCUT2D eigenvalue weighted by Gasteiger charge is -2.40. The predicted molar refractivity (Wildman–Crippen MR) is 101 cm³/mol. The Labute approximate surface area is 142 Å². The third-order valence-corrected chi connectivity index (χ3v) is 5.11. The van der Waals surface area contributed by atoms with Crippen molar-refractivity contribution in [2.45, 2.75) is 57.9 Å². The van der Waals surface area contributed by atoms with Crippen molar-refractivity contribution in [2.24, 2.45) is 0 Å². The SMILES string of the molecule is CCNC(CC(C)(C)c1ccccc1)C(C)(C)c1ccccc1. The molecule has 124 valence electrons. The van der Waals surface area contributed by atoms with Gasteiger partial charge in [-0.2, -0.15) is 0 Å². The van der Waals surface area contributed by atoms with E-state index in [1.807, 2.05) is 0 Å². The molecule has 0 aliphatic carbocycles. The molecule has 1 atom stereocenters. The monoisotopic (exact) mass is 309 g/mol. The van der Waals surface area contributed by atoms with Crippen molar-refractivity contribution in [3.05, 3.63) is 71.8 Å². The molecule has 1 N–H and O–H groups in total. The van der Waals surface area contributed by atoms with Crippen molar-refractivity contribution in [1.29, 1.82) is 0 Å². The minimum Gasteiger partial charge on any atom is -0.313 e. The summed E-state index contributed by atoms with van der Waals surface area (Å²) in [5, 5.41) is 3.75. The smallest absolute Gasteiger partial charge is 0.0167 e. The van der Waals surface area contributed by atoms with Gasteiger partial charge in [-0.1, -0.05) is 95.3 Å². The molecule has 1 heteroatoms. The highest BCUT2D eigenvalue weighted by molar-refractivity contribution is 5.28. The van der Waals surface area contributed by atoms with Gasteiger partial charge in [0.1, 0.15) is 0 Å². The second-order valence-corrected chi connectivity index (χ2v) is 7.65. The molecule has 0 radical (unpaired) electrons. The van der Waals surface area contributed by atoms with Crippen LogP contribution in [0.3, 0.4) is 0 Å². The molecule has 0 amide bonds. The van der Waals surface area contributed by atoms with Crippen LogP contribution in [0.2, 0.25) is 0 Å². The van der Waals surface area contributed by atoms with Gasteiger partial charge in [0.15, 0.2) is 0 Å². The second kappa shape index (κ2) is 7.31. The van der Waals surface area contributed by atoms with E-state index in [4.69, 9.17) is 0 Å². The summed E-state index contributed by atoms with van der Waals surface area (Å²) in [6, 6.07) is 22.2. The molecule has 2 aromatic rings. The van der Waals surface area contributed by atoms with E-state index in [0.717, 1.165) is 13.0 Å². The Bertz CT molecular complexity index is 584. The van der Waals surface area contributed by atoms with Gasteiger partial charge >= 0.3 is 0 Å². The first-order valence-corrected chi connectivity index (χ1v) is 8.72. The molecule has 1 unspecified atom stereocenters. The van der Waals surface area contributed by atoms with Gasteiger partial charge in [-0.15, -0.1) is 0 Å². The Kier molecular flexibility index (Phi) is 5.64. The first kappa shape index (κ1) is 17.7. The quantitative estimate of drug-likeness (QED) is 0.731. The molecule has 23 heavy (non-hydrogen) atoms. The van der Waals surface area contributed by atoms with Gasteiger partial charge in [0, 0.05) is 11.5 Å². The molecule has 0 aliphatic heterocycles. The lowest BCUT2D eigenvalue weighted by molar-refractivity contribution is 0.275. The van der Waals surface area contributed by atoms with Crippen molar-refractivity contribution < 1.29 is 0 Å². The summed E-state index contributed by atoms with van der Waals surface area (Å²) < 4.78 is 0. The van der Waals surface area contributed by atoms with Crippen LogP contribution in [0.5, 0.6) is 0 Å². The maximum Gasteiger partial charge on any atom is 0.0167 e. The zero-order valence-corrected chi connectivity index (χ0v) is 15.3. The zero-order valence-electron chi connectivity index (χ0n) is 15.3. The van der Waals surface area contributed by atoms with E-state index in [-0.39, 0.29) is 10.8 Å². The molecular weight excluding hydrogens is 278 g/mol. The summed E-state index contributed by atoms with van der Waals surface area (Å²) in [5.41, 5.74) is 3.03. The van der Waals surface area contributed by atoms with Crippen LogP contribution in [0.4, 0.5) is 0 Å². The molecule has 0 bridgehead atoms. The summed E-state index contributed by atoms with van der Waals surface area (Å²) in [7, 11) is 0. The predicted octanol–water partition coefficient (Wildman–Crippen LogP) is 5.31. The van der Waals surface area contributed by atoms with Crippen LogP contribution >= 0.6 is 0 Å². The second-order valence-electron chi connectivity index (χ2n) is 7.65. The first-order chi connectivity index (χ1) is 10.9. The fourth-order valence-corrected chi connectivity index (χ4v) is 3.42. The summed E-state index contributed by atoms with van der Waals surface area (Å²) in [6.07, 6.45) is 1.10. The van der Waals surface area contributed by atoms with Gasteiger partial charge in [0.25, 0.3) is 0 Å². The number of likely N-dealkylation sites (N-methyl/N-ethyl adjacent to an activating group) is 1. The number of hydrogen-bond donors (Lipinski definition) is 1. The summed E-state index contributed by atoms with van der Waals surface area (Å²) >= 11 is 0. The number of nitrogens with one attached hydrogen (secondary N) is 1. The van der Waals surface area contributed by atoms with E-state index < -0.39 is 0 Å². The minimum absolute atomic E-state index is 0.0866. The topological polar surface area (TPSA) is 12.0 Å². The average molecular weight is 309 g/mol. The van der Waals surface area contributed by atoms with Crippen molar-refractivity contribution >= 4 is 0 Å². The molecule has 0 aliphatic rings. The highest BCUT2D eigenvalue weighted by atomic mass is 14.9. The fraction of sp³-hybridized carbons (Fsp3) is 0.455. The third kappa shape index (κ3) is 4.23. The maximum atomic E-state index is 3.75. The van der Waals surface area contributed by atoms with Crippen LogP contribution in [0.15, 0.2) is 60.7 Å². The average Bonchev–Trinajstić information content (AvgIpc) is 2.56. The highest BCUT2D eigenvalue weighted by Crippen LogP contribution is 2.36. The van der Waals surface area contributed by atoms with E-state index >= 15 is 0 Å². The molecule has 2 aromatic carbocycles. The lowest BCUT2D eigenvalue weighted by Crippen LogP contribution is -2.48. The van der Waals surface area contributed by atoms with E-state index in [1.54, 1.807) is 0 Å². The molecule has 0 spiro atoms. The Morgan fingerprint density at radius 1 is 0.783 bits per heavy atom. The molecule has 0 saturated heterocycles.